The minimum atomic E-state index is 0.180. The number of benzene rings is 1. The second-order valence-corrected chi connectivity index (χ2v) is 6.54. The number of hydrogen-bond acceptors (Lipinski definition) is 5. The van der Waals surface area contributed by atoms with Gasteiger partial charge in [0.2, 0.25) is 0 Å². The minimum absolute atomic E-state index is 0.180. The topological polar surface area (TPSA) is 45.2 Å². The summed E-state index contributed by atoms with van der Waals surface area (Å²) in [7, 11) is 1.57. The maximum Gasteiger partial charge on any atom is 0.161 e. The molecule has 3 rings (SSSR count). The first kappa shape index (κ1) is 17.3. The molecule has 1 unspecified atom stereocenters. The summed E-state index contributed by atoms with van der Waals surface area (Å²) >= 11 is 0. The molecule has 2 aliphatic heterocycles. The van der Waals surface area contributed by atoms with Gasteiger partial charge in [0, 0.05) is 32.2 Å². The van der Waals surface area contributed by atoms with Crippen molar-refractivity contribution in [3.05, 3.63) is 29.8 Å². The van der Waals surface area contributed by atoms with Gasteiger partial charge in [0.15, 0.2) is 11.5 Å². The Morgan fingerprint density at radius 2 is 2.12 bits per heavy atom. The molecule has 2 saturated heterocycles. The molecule has 2 fully saturated rings. The van der Waals surface area contributed by atoms with Crippen LogP contribution in [0.4, 0.5) is 0 Å². The first-order valence-electron chi connectivity index (χ1n) is 8.84. The second-order valence-electron chi connectivity index (χ2n) is 6.54. The first-order valence-corrected chi connectivity index (χ1v) is 8.84. The molecular weight excluding hydrogens is 304 g/mol. The maximum atomic E-state index is 9.65. The Bertz CT molecular complexity index is 556. The molecule has 2 aliphatic rings. The lowest BCUT2D eigenvalue weighted by Crippen LogP contribution is -2.51. The summed E-state index contributed by atoms with van der Waals surface area (Å²) in [6.45, 7) is 7.17. The normalized spacial score (nSPS) is 23.6. The number of morpholine rings is 1. The predicted octanol–water partition coefficient (Wildman–Crippen LogP) is 2.21. The van der Waals surface area contributed by atoms with Gasteiger partial charge in [-0.2, -0.15) is 0 Å². The number of hydrogen-bond donors (Lipinski definition) is 1. The van der Waals surface area contributed by atoms with E-state index in [9.17, 15) is 5.11 Å². The van der Waals surface area contributed by atoms with Crippen LogP contribution in [0.1, 0.15) is 18.4 Å². The molecule has 5 nitrogen and oxygen atoms in total. The molecule has 24 heavy (non-hydrogen) atoms. The average molecular weight is 332 g/mol. The van der Waals surface area contributed by atoms with Gasteiger partial charge in [0.25, 0.3) is 0 Å². The molecule has 0 bridgehead atoms. The van der Waals surface area contributed by atoms with Crippen LogP contribution in [0.2, 0.25) is 0 Å². The van der Waals surface area contributed by atoms with Crippen LogP contribution in [0.3, 0.4) is 0 Å². The van der Waals surface area contributed by atoms with Crippen molar-refractivity contribution in [1.82, 2.24) is 9.80 Å². The zero-order valence-corrected chi connectivity index (χ0v) is 14.5. The number of likely N-dealkylation sites (tertiary alicyclic amines) is 1. The van der Waals surface area contributed by atoms with Crippen LogP contribution >= 0.6 is 0 Å². The van der Waals surface area contributed by atoms with Crippen molar-refractivity contribution < 1.29 is 14.6 Å². The Morgan fingerprint density at radius 3 is 2.92 bits per heavy atom. The Morgan fingerprint density at radius 1 is 1.29 bits per heavy atom. The third-order valence-corrected chi connectivity index (χ3v) is 4.92. The van der Waals surface area contributed by atoms with Gasteiger partial charge in [-0.3, -0.25) is 9.80 Å². The monoisotopic (exact) mass is 332 g/mol. The summed E-state index contributed by atoms with van der Waals surface area (Å²) in [6, 6.07) is 6.11. The standard InChI is InChI=1S/C19H28N2O3/c1-23-19-14-16(6-7-18(19)22)4-2-8-20-9-3-5-17(15-20)21-10-12-24-13-11-21/h2,4,6-7,14,17,22H,3,5,8-13,15H2,1H3. The van der Waals surface area contributed by atoms with Gasteiger partial charge in [0.1, 0.15) is 0 Å². The van der Waals surface area contributed by atoms with E-state index >= 15 is 0 Å². The summed E-state index contributed by atoms with van der Waals surface area (Å²) in [6.07, 6.45) is 6.87. The largest absolute Gasteiger partial charge is 0.504 e. The van der Waals surface area contributed by atoms with Gasteiger partial charge in [0.05, 0.1) is 20.3 Å². The number of methoxy groups -OCH3 is 1. The summed E-state index contributed by atoms with van der Waals surface area (Å²) < 4.78 is 10.6. The third kappa shape index (κ3) is 4.50. The van der Waals surface area contributed by atoms with E-state index in [1.54, 1.807) is 13.2 Å². The van der Waals surface area contributed by atoms with Crippen LogP contribution in [0.5, 0.6) is 11.5 Å². The lowest BCUT2D eigenvalue weighted by molar-refractivity contribution is -0.00117. The zero-order valence-electron chi connectivity index (χ0n) is 14.5. The number of piperidine rings is 1. The minimum Gasteiger partial charge on any atom is -0.504 e. The highest BCUT2D eigenvalue weighted by Gasteiger charge is 2.25. The van der Waals surface area contributed by atoms with E-state index in [-0.39, 0.29) is 5.75 Å². The highest BCUT2D eigenvalue weighted by molar-refractivity contribution is 5.55. The van der Waals surface area contributed by atoms with Gasteiger partial charge in [-0.15, -0.1) is 0 Å². The van der Waals surface area contributed by atoms with E-state index in [2.05, 4.69) is 22.0 Å². The average Bonchev–Trinajstić information content (AvgIpc) is 2.64. The van der Waals surface area contributed by atoms with Gasteiger partial charge in [-0.05, 0) is 37.1 Å². The SMILES string of the molecule is COc1cc(C=CCN2CCCC(N3CCOCC3)C2)ccc1O. The first-order chi connectivity index (χ1) is 11.8. The van der Waals surface area contributed by atoms with Crippen LogP contribution in [0.25, 0.3) is 6.08 Å². The molecule has 1 N–H and O–H groups in total. The van der Waals surface area contributed by atoms with Gasteiger partial charge in [-0.25, -0.2) is 0 Å². The van der Waals surface area contributed by atoms with Gasteiger partial charge < -0.3 is 14.6 Å². The number of ether oxygens (including phenoxy) is 2. The fourth-order valence-electron chi connectivity index (χ4n) is 3.57. The van der Waals surface area contributed by atoms with E-state index in [4.69, 9.17) is 9.47 Å². The smallest absolute Gasteiger partial charge is 0.161 e. The van der Waals surface area contributed by atoms with Crippen molar-refractivity contribution in [2.45, 2.75) is 18.9 Å². The second kappa shape index (κ2) is 8.51. The van der Waals surface area contributed by atoms with E-state index in [0.29, 0.717) is 11.8 Å². The Balaban J connectivity index is 1.52. The molecule has 1 atom stereocenters. The van der Waals surface area contributed by atoms with Gasteiger partial charge >= 0.3 is 0 Å². The Labute approximate surface area is 144 Å². The van der Waals surface area contributed by atoms with Crippen LogP contribution < -0.4 is 4.74 Å². The quantitative estimate of drug-likeness (QED) is 0.896. The Kier molecular flexibility index (Phi) is 6.12. The lowest BCUT2D eigenvalue weighted by Gasteiger charge is -2.40. The highest BCUT2D eigenvalue weighted by atomic mass is 16.5. The number of phenolic OH excluding ortho intramolecular Hbond substituents is 1. The Hall–Kier alpha value is -1.56. The molecule has 0 aliphatic carbocycles. The van der Waals surface area contributed by atoms with Crippen molar-refractivity contribution in [3.8, 4) is 11.5 Å². The summed E-state index contributed by atoms with van der Waals surface area (Å²) in [4.78, 5) is 5.11. The van der Waals surface area contributed by atoms with E-state index in [0.717, 1.165) is 45.0 Å². The number of phenols is 1. The van der Waals surface area contributed by atoms with Crippen LogP contribution in [-0.4, -0.2) is 74.0 Å². The van der Waals surface area contributed by atoms with Crippen molar-refractivity contribution in [1.29, 1.82) is 0 Å². The third-order valence-electron chi connectivity index (χ3n) is 4.92. The molecule has 0 aromatic heterocycles. The van der Waals surface area contributed by atoms with Crippen LogP contribution in [0.15, 0.2) is 24.3 Å². The van der Waals surface area contributed by atoms with Crippen molar-refractivity contribution in [3.63, 3.8) is 0 Å². The number of rotatable bonds is 5. The van der Waals surface area contributed by atoms with Crippen LogP contribution in [0, 0.1) is 0 Å². The van der Waals surface area contributed by atoms with Crippen molar-refractivity contribution in [2.24, 2.45) is 0 Å². The molecule has 0 spiro atoms. The van der Waals surface area contributed by atoms with Gasteiger partial charge in [-0.1, -0.05) is 18.2 Å². The van der Waals surface area contributed by atoms with Crippen molar-refractivity contribution in [2.75, 3.05) is 53.0 Å². The van der Waals surface area contributed by atoms with Crippen molar-refractivity contribution >= 4 is 6.08 Å². The van der Waals surface area contributed by atoms with Crippen LogP contribution in [-0.2, 0) is 4.74 Å². The summed E-state index contributed by atoms with van der Waals surface area (Å²) in [5, 5.41) is 9.65. The maximum absolute atomic E-state index is 9.65. The van der Waals surface area contributed by atoms with E-state index < -0.39 is 0 Å². The van der Waals surface area contributed by atoms with E-state index in [1.165, 1.54) is 19.4 Å². The fraction of sp³-hybridized carbons (Fsp3) is 0.579. The molecule has 2 heterocycles. The molecule has 132 valence electrons. The fourth-order valence-corrected chi connectivity index (χ4v) is 3.57. The molecule has 5 heteroatoms. The molecule has 0 radical (unpaired) electrons. The predicted molar refractivity (Wildman–Crippen MR) is 95.5 cm³/mol. The number of aromatic hydroxyl groups is 1. The molecular formula is C19H28N2O3. The summed E-state index contributed by atoms with van der Waals surface area (Å²) in [5.41, 5.74) is 1.05. The molecule has 1 aromatic rings. The number of nitrogens with zero attached hydrogens (tertiary/aromatic N) is 2. The molecule has 0 saturated carbocycles. The highest BCUT2D eigenvalue weighted by Crippen LogP contribution is 2.26. The summed E-state index contributed by atoms with van der Waals surface area (Å²) in [5.74, 6) is 0.696. The zero-order chi connectivity index (χ0) is 16.8. The molecule has 0 amide bonds. The molecule has 1 aromatic carbocycles. The lowest BCUT2D eigenvalue weighted by atomic mass is 10.0. The van der Waals surface area contributed by atoms with E-state index in [1.807, 2.05) is 12.1 Å².